The van der Waals surface area contributed by atoms with Crippen LogP contribution in [-0.4, -0.2) is 54.4 Å². The lowest BCUT2D eigenvalue weighted by atomic mass is 10.1. The summed E-state index contributed by atoms with van der Waals surface area (Å²) in [5, 5.41) is 7.73. The average Bonchev–Trinajstić information content (AvgIpc) is 3.11. The Hall–Kier alpha value is -1.77. The topological polar surface area (TPSA) is 48.7 Å². The number of piperidine rings is 1. The molecule has 0 bridgehead atoms. The monoisotopic (exact) mass is 496 g/mol. The smallest absolute Gasteiger partial charge is 0.193 e. The lowest BCUT2D eigenvalue weighted by molar-refractivity contribution is 0.470. The highest BCUT2D eigenvalue weighted by molar-refractivity contribution is 14.0. The lowest BCUT2D eigenvalue weighted by Crippen LogP contribution is -2.39. The summed E-state index contributed by atoms with van der Waals surface area (Å²) in [6, 6.07) is 8.98. The predicted octanol–water partition coefficient (Wildman–Crippen LogP) is 3.51. The summed E-state index contributed by atoms with van der Waals surface area (Å²) in [6.07, 6.45) is 7.92. The standard InChI is InChI=1S/C21H32N6.HI/c1-18-15-24-27(16-18)14-11-23-21(22-2)25(3)17-19-7-9-20(10-8-19)26-12-5-4-6-13-26;/h7-10,15-16H,4-6,11-14,17H2,1-3H3,(H,22,23);1H. The Bertz CT molecular complexity index is 734. The van der Waals surface area contributed by atoms with E-state index in [0.29, 0.717) is 0 Å². The molecule has 1 fully saturated rings. The van der Waals surface area contributed by atoms with Crippen LogP contribution in [0.1, 0.15) is 30.4 Å². The fourth-order valence-electron chi connectivity index (χ4n) is 3.57. The SMILES string of the molecule is CN=C(NCCn1cc(C)cn1)N(C)Cc1ccc(N2CCCCC2)cc1.I. The molecule has 1 saturated heterocycles. The Morgan fingerprint density at radius 3 is 2.50 bits per heavy atom. The number of nitrogens with zero attached hydrogens (tertiary/aromatic N) is 5. The van der Waals surface area contributed by atoms with Crippen molar-refractivity contribution in [2.45, 2.75) is 39.3 Å². The highest BCUT2D eigenvalue weighted by Crippen LogP contribution is 2.20. The van der Waals surface area contributed by atoms with E-state index in [2.05, 4.69) is 69.6 Å². The fourth-order valence-corrected chi connectivity index (χ4v) is 3.57. The Morgan fingerprint density at radius 1 is 1.18 bits per heavy atom. The van der Waals surface area contributed by atoms with Crippen LogP contribution in [-0.2, 0) is 13.1 Å². The molecule has 1 N–H and O–H groups in total. The average molecular weight is 496 g/mol. The Labute approximate surface area is 186 Å². The van der Waals surface area contributed by atoms with Crippen molar-refractivity contribution < 1.29 is 0 Å². The van der Waals surface area contributed by atoms with Gasteiger partial charge in [0.25, 0.3) is 0 Å². The normalized spacial score (nSPS) is 14.5. The molecule has 1 aromatic heterocycles. The molecule has 0 spiro atoms. The second-order valence-corrected chi connectivity index (χ2v) is 7.32. The van der Waals surface area contributed by atoms with E-state index in [0.717, 1.165) is 25.6 Å². The first-order valence-corrected chi connectivity index (χ1v) is 9.90. The third-order valence-electron chi connectivity index (χ3n) is 5.04. The number of hydrogen-bond donors (Lipinski definition) is 1. The maximum atomic E-state index is 4.41. The summed E-state index contributed by atoms with van der Waals surface area (Å²) >= 11 is 0. The van der Waals surface area contributed by atoms with Gasteiger partial charge in [-0.15, -0.1) is 24.0 Å². The van der Waals surface area contributed by atoms with Crippen molar-refractivity contribution >= 4 is 35.6 Å². The summed E-state index contributed by atoms with van der Waals surface area (Å²) in [5.41, 5.74) is 3.83. The molecule has 0 atom stereocenters. The van der Waals surface area contributed by atoms with E-state index in [1.54, 1.807) is 0 Å². The molecule has 0 amide bonds. The molecular formula is C21H33IN6. The summed E-state index contributed by atoms with van der Waals surface area (Å²) in [5.74, 6) is 0.902. The highest BCUT2D eigenvalue weighted by Gasteiger charge is 2.11. The van der Waals surface area contributed by atoms with Crippen molar-refractivity contribution in [2.24, 2.45) is 4.99 Å². The summed E-state index contributed by atoms with van der Waals surface area (Å²) < 4.78 is 1.95. The molecule has 0 aliphatic carbocycles. The van der Waals surface area contributed by atoms with Crippen molar-refractivity contribution in [3.8, 4) is 0 Å². The lowest BCUT2D eigenvalue weighted by Gasteiger charge is -2.29. The summed E-state index contributed by atoms with van der Waals surface area (Å²) in [6.45, 7) is 6.88. The number of rotatable bonds is 6. The number of nitrogens with one attached hydrogen (secondary N) is 1. The molecule has 0 radical (unpaired) electrons. The van der Waals surface area contributed by atoms with Gasteiger partial charge in [0.1, 0.15) is 0 Å². The van der Waals surface area contributed by atoms with Gasteiger partial charge in [-0.05, 0) is 49.4 Å². The summed E-state index contributed by atoms with van der Waals surface area (Å²) in [4.78, 5) is 9.06. The van der Waals surface area contributed by atoms with Crippen LogP contribution in [0.15, 0.2) is 41.7 Å². The quantitative estimate of drug-likeness (QED) is 0.378. The van der Waals surface area contributed by atoms with Gasteiger partial charge >= 0.3 is 0 Å². The zero-order valence-corrected chi connectivity index (χ0v) is 19.6. The van der Waals surface area contributed by atoms with Gasteiger partial charge in [-0.2, -0.15) is 5.10 Å². The Morgan fingerprint density at radius 2 is 1.89 bits per heavy atom. The van der Waals surface area contributed by atoms with Gasteiger partial charge in [-0.1, -0.05) is 12.1 Å². The molecule has 28 heavy (non-hydrogen) atoms. The molecule has 1 aliphatic rings. The molecular weight excluding hydrogens is 463 g/mol. The van der Waals surface area contributed by atoms with E-state index in [-0.39, 0.29) is 24.0 Å². The van der Waals surface area contributed by atoms with Crippen LogP contribution < -0.4 is 10.2 Å². The van der Waals surface area contributed by atoms with Crippen LogP contribution in [0.4, 0.5) is 5.69 Å². The zero-order chi connectivity index (χ0) is 19.1. The van der Waals surface area contributed by atoms with Gasteiger partial charge < -0.3 is 15.1 Å². The van der Waals surface area contributed by atoms with E-state index in [4.69, 9.17) is 0 Å². The van der Waals surface area contributed by atoms with Gasteiger partial charge in [0.05, 0.1) is 12.7 Å². The first kappa shape index (κ1) is 22.5. The van der Waals surface area contributed by atoms with Gasteiger partial charge in [-0.25, -0.2) is 0 Å². The van der Waals surface area contributed by atoms with Crippen molar-refractivity contribution in [1.82, 2.24) is 20.0 Å². The van der Waals surface area contributed by atoms with Crippen LogP contribution in [0.2, 0.25) is 0 Å². The maximum absolute atomic E-state index is 4.41. The summed E-state index contributed by atoms with van der Waals surface area (Å²) in [7, 11) is 3.91. The molecule has 1 aliphatic heterocycles. The number of guanidine groups is 1. The van der Waals surface area contributed by atoms with Gasteiger partial charge in [0.15, 0.2) is 5.96 Å². The molecule has 1 aromatic carbocycles. The van der Waals surface area contributed by atoms with Crippen LogP contribution in [0, 0.1) is 6.92 Å². The molecule has 0 saturated carbocycles. The highest BCUT2D eigenvalue weighted by atomic mass is 127. The van der Waals surface area contributed by atoms with E-state index in [1.807, 2.05) is 17.9 Å². The molecule has 2 aromatic rings. The first-order chi connectivity index (χ1) is 13.2. The van der Waals surface area contributed by atoms with E-state index >= 15 is 0 Å². The molecule has 6 nitrogen and oxygen atoms in total. The predicted molar refractivity (Wildman–Crippen MR) is 128 cm³/mol. The first-order valence-electron chi connectivity index (χ1n) is 9.90. The maximum Gasteiger partial charge on any atom is 0.193 e. The van der Waals surface area contributed by atoms with Gasteiger partial charge in [-0.3, -0.25) is 9.67 Å². The molecule has 3 rings (SSSR count). The minimum atomic E-state index is 0. The molecule has 0 unspecified atom stereocenters. The number of aryl methyl sites for hydroxylation is 1. The van der Waals surface area contributed by atoms with Crippen LogP contribution in [0.25, 0.3) is 0 Å². The number of anilines is 1. The van der Waals surface area contributed by atoms with Gasteiger partial charge in [0.2, 0.25) is 0 Å². The number of halogens is 1. The van der Waals surface area contributed by atoms with Crippen LogP contribution in [0.5, 0.6) is 0 Å². The van der Waals surface area contributed by atoms with E-state index < -0.39 is 0 Å². The minimum Gasteiger partial charge on any atom is -0.372 e. The van der Waals surface area contributed by atoms with E-state index in [1.165, 1.54) is 49.2 Å². The van der Waals surface area contributed by atoms with Crippen molar-refractivity contribution in [3.63, 3.8) is 0 Å². The Kier molecular flexibility index (Phi) is 9.08. The minimum absolute atomic E-state index is 0. The Balaban J connectivity index is 0.00000280. The fraction of sp³-hybridized carbons (Fsp3) is 0.524. The molecule has 2 heterocycles. The van der Waals surface area contributed by atoms with Gasteiger partial charge in [0, 0.05) is 52.2 Å². The van der Waals surface area contributed by atoms with Crippen LogP contribution >= 0.6 is 24.0 Å². The number of hydrogen-bond acceptors (Lipinski definition) is 3. The largest absolute Gasteiger partial charge is 0.372 e. The van der Waals surface area contributed by atoms with Crippen LogP contribution in [0.3, 0.4) is 0 Å². The second-order valence-electron chi connectivity index (χ2n) is 7.32. The van der Waals surface area contributed by atoms with Crippen molar-refractivity contribution in [2.75, 3.05) is 38.6 Å². The number of aromatic nitrogens is 2. The van der Waals surface area contributed by atoms with E-state index in [9.17, 15) is 0 Å². The molecule has 7 heteroatoms. The van der Waals surface area contributed by atoms with Crippen molar-refractivity contribution in [1.29, 1.82) is 0 Å². The molecule has 154 valence electrons. The number of aliphatic imine (C=N–C) groups is 1. The zero-order valence-electron chi connectivity index (χ0n) is 17.3. The third kappa shape index (κ3) is 6.39. The third-order valence-corrected chi connectivity index (χ3v) is 5.04. The second kappa shape index (κ2) is 11.3. The van der Waals surface area contributed by atoms with Crippen molar-refractivity contribution in [3.05, 3.63) is 47.8 Å². The number of benzene rings is 1.